The maximum Gasteiger partial charge on any atom is 0.417 e. The molecule has 0 saturated heterocycles. The van der Waals surface area contributed by atoms with Crippen molar-refractivity contribution in [2.24, 2.45) is 5.73 Å². The van der Waals surface area contributed by atoms with Crippen LogP contribution in [0.15, 0.2) is 12.1 Å². The van der Waals surface area contributed by atoms with Crippen LogP contribution in [-0.2, 0) is 6.18 Å². The molecule has 1 aliphatic heterocycles. The largest absolute Gasteiger partial charge is 0.454 e. The monoisotopic (exact) mass is 247 g/mol. The van der Waals surface area contributed by atoms with E-state index in [4.69, 9.17) is 15.2 Å². The van der Waals surface area contributed by atoms with Crippen LogP contribution in [0.4, 0.5) is 13.2 Å². The second-order valence-corrected chi connectivity index (χ2v) is 3.38. The fraction of sp³-hybridized carbons (Fsp3) is 0.300. The summed E-state index contributed by atoms with van der Waals surface area (Å²) in [7, 11) is 0. The Morgan fingerprint density at radius 1 is 1.29 bits per heavy atom. The van der Waals surface area contributed by atoms with Crippen molar-refractivity contribution in [2.45, 2.75) is 6.18 Å². The first kappa shape index (κ1) is 11.7. The zero-order valence-electron chi connectivity index (χ0n) is 8.50. The molecule has 1 heterocycles. The molecule has 0 saturated carbocycles. The molecular weight excluding hydrogens is 239 g/mol. The molecule has 0 unspecified atom stereocenters. The Morgan fingerprint density at radius 2 is 1.88 bits per heavy atom. The average Bonchev–Trinajstić information content (AvgIpc) is 2.72. The van der Waals surface area contributed by atoms with Gasteiger partial charge < -0.3 is 15.2 Å². The standard InChI is InChI=1S/C10H8F3NO3/c11-10(12,13)6-2-9-8(16-4-17-9)1-5(6)7(15)3-14/h1-2H,3-4,14H2. The molecule has 0 bridgehead atoms. The number of benzene rings is 1. The number of alkyl halides is 3. The maximum absolute atomic E-state index is 12.7. The van der Waals surface area contributed by atoms with Crippen LogP contribution >= 0.6 is 0 Å². The van der Waals surface area contributed by atoms with Crippen LogP contribution in [0.1, 0.15) is 15.9 Å². The molecule has 0 aliphatic carbocycles. The van der Waals surface area contributed by atoms with Gasteiger partial charge in [0.05, 0.1) is 12.1 Å². The van der Waals surface area contributed by atoms with E-state index in [9.17, 15) is 18.0 Å². The first-order valence-corrected chi connectivity index (χ1v) is 4.67. The lowest BCUT2D eigenvalue weighted by molar-refractivity contribution is -0.138. The van der Waals surface area contributed by atoms with Gasteiger partial charge in [0, 0.05) is 5.56 Å². The molecule has 1 aromatic carbocycles. The summed E-state index contributed by atoms with van der Waals surface area (Å²) in [5.41, 5.74) is 3.52. The van der Waals surface area contributed by atoms with Gasteiger partial charge in [-0.1, -0.05) is 0 Å². The summed E-state index contributed by atoms with van der Waals surface area (Å²) in [6.45, 7) is -0.657. The number of ether oxygens (including phenoxy) is 2. The second kappa shape index (κ2) is 3.92. The zero-order chi connectivity index (χ0) is 12.6. The highest BCUT2D eigenvalue weighted by Crippen LogP contribution is 2.41. The third-order valence-corrected chi connectivity index (χ3v) is 2.30. The summed E-state index contributed by atoms with van der Waals surface area (Å²) < 4.78 is 47.9. The SMILES string of the molecule is NCC(=O)c1cc2c(cc1C(F)(F)F)OCO2. The molecule has 92 valence electrons. The first-order valence-electron chi connectivity index (χ1n) is 4.67. The molecular formula is C10H8F3NO3. The smallest absolute Gasteiger partial charge is 0.417 e. The normalized spacial score (nSPS) is 13.9. The lowest BCUT2D eigenvalue weighted by Crippen LogP contribution is -2.19. The lowest BCUT2D eigenvalue weighted by Gasteiger charge is -2.12. The molecule has 4 nitrogen and oxygen atoms in total. The molecule has 2 rings (SSSR count). The average molecular weight is 247 g/mol. The van der Waals surface area contributed by atoms with Gasteiger partial charge in [0.1, 0.15) is 0 Å². The van der Waals surface area contributed by atoms with Crippen molar-refractivity contribution in [3.05, 3.63) is 23.3 Å². The van der Waals surface area contributed by atoms with Crippen LogP contribution in [0.25, 0.3) is 0 Å². The summed E-state index contributed by atoms with van der Waals surface area (Å²) in [5, 5.41) is 0. The van der Waals surface area contributed by atoms with E-state index in [0.29, 0.717) is 0 Å². The van der Waals surface area contributed by atoms with Gasteiger partial charge in [-0.2, -0.15) is 13.2 Å². The quantitative estimate of drug-likeness (QED) is 0.806. The minimum absolute atomic E-state index is 0.0223. The minimum Gasteiger partial charge on any atom is -0.454 e. The van der Waals surface area contributed by atoms with Crippen molar-refractivity contribution in [1.29, 1.82) is 0 Å². The Bertz CT molecular complexity index is 471. The second-order valence-electron chi connectivity index (χ2n) is 3.38. The maximum atomic E-state index is 12.7. The topological polar surface area (TPSA) is 61.6 Å². The van der Waals surface area contributed by atoms with E-state index in [0.717, 1.165) is 12.1 Å². The molecule has 0 aromatic heterocycles. The van der Waals surface area contributed by atoms with Gasteiger partial charge in [-0.15, -0.1) is 0 Å². The van der Waals surface area contributed by atoms with Crippen molar-refractivity contribution < 1.29 is 27.4 Å². The number of hydrogen-bond donors (Lipinski definition) is 1. The molecule has 0 atom stereocenters. The van der Waals surface area contributed by atoms with Crippen molar-refractivity contribution in [1.82, 2.24) is 0 Å². The van der Waals surface area contributed by atoms with Gasteiger partial charge in [-0.05, 0) is 12.1 Å². The van der Waals surface area contributed by atoms with Crippen molar-refractivity contribution >= 4 is 5.78 Å². The molecule has 0 fully saturated rings. The third-order valence-electron chi connectivity index (χ3n) is 2.30. The van der Waals surface area contributed by atoms with Crippen LogP contribution in [-0.4, -0.2) is 19.1 Å². The van der Waals surface area contributed by atoms with Gasteiger partial charge >= 0.3 is 6.18 Å². The molecule has 0 spiro atoms. The van der Waals surface area contributed by atoms with Gasteiger partial charge in [0.25, 0.3) is 0 Å². The molecule has 17 heavy (non-hydrogen) atoms. The minimum atomic E-state index is -4.64. The number of ketones is 1. The number of Topliss-reactive ketones (excluding diaryl/α,β-unsaturated/α-hetero) is 1. The predicted octanol–water partition coefficient (Wildman–Crippen LogP) is 1.58. The number of carbonyl (C=O) groups is 1. The highest BCUT2D eigenvalue weighted by molar-refractivity contribution is 5.99. The fourth-order valence-corrected chi connectivity index (χ4v) is 1.52. The Hall–Kier alpha value is -1.76. The molecule has 2 N–H and O–H groups in total. The van der Waals surface area contributed by atoms with E-state index < -0.39 is 29.6 Å². The number of halogens is 3. The summed E-state index contributed by atoms with van der Waals surface area (Å²) in [5.74, 6) is -0.698. The Kier molecular flexibility index (Phi) is 2.70. The first-order chi connectivity index (χ1) is 7.93. The van der Waals surface area contributed by atoms with Crippen LogP contribution in [0.5, 0.6) is 11.5 Å². The van der Waals surface area contributed by atoms with Gasteiger partial charge in [0.2, 0.25) is 6.79 Å². The molecule has 7 heteroatoms. The van der Waals surface area contributed by atoms with E-state index in [2.05, 4.69) is 0 Å². The number of fused-ring (bicyclic) bond motifs is 1. The Labute approximate surface area is 94.1 Å². The van der Waals surface area contributed by atoms with Crippen LogP contribution < -0.4 is 15.2 Å². The Morgan fingerprint density at radius 3 is 2.41 bits per heavy atom. The third kappa shape index (κ3) is 2.05. The van der Waals surface area contributed by atoms with Crippen molar-refractivity contribution in [3.63, 3.8) is 0 Å². The molecule has 1 aromatic rings. The molecule has 1 aliphatic rings. The number of nitrogens with two attached hydrogens (primary N) is 1. The van der Waals surface area contributed by atoms with E-state index in [-0.39, 0.29) is 18.3 Å². The fourth-order valence-electron chi connectivity index (χ4n) is 1.52. The summed E-state index contributed by atoms with van der Waals surface area (Å²) >= 11 is 0. The molecule has 0 radical (unpaired) electrons. The predicted molar refractivity (Wildman–Crippen MR) is 51.0 cm³/mol. The van der Waals surface area contributed by atoms with Crippen LogP contribution in [0, 0.1) is 0 Å². The van der Waals surface area contributed by atoms with E-state index in [1.807, 2.05) is 0 Å². The lowest BCUT2D eigenvalue weighted by atomic mass is 10.0. The van der Waals surface area contributed by atoms with Crippen LogP contribution in [0.2, 0.25) is 0 Å². The number of rotatable bonds is 2. The van der Waals surface area contributed by atoms with Gasteiger partial charge in [-0.3, -0.25) is 4.79 Å². The van der Waals surface area contributed by atoms with Crippen LogP contribution in [0.3, 0.4) is 0 Å². The van der Waals surface area contributed by atoms with Crippen molar-refractivity contribution in [2.75, 3.05) is 13.3 Å². The summed E-state index contributed by atoms with van der Waals surface area (Å²) in [4.78, 5) is 11.4. The number of carbonyl (C=O) groups excluding carboxylic acids is 1. The Balaban J connectivity index is 2.59. The van der Waals surface area contributed by atoms with Crippen molar-refractivity contribution in [3.8, 4) is 11.5 Å². The van der Waals surface area contributed by atoms with Gasteiger partial charge in [-0.25, -0.2) is 0 Å². The number of hydrogen-bond acceptors (Lipinski definition) is 4. The summed E-state index contributed by atoms with van der Waals surface area (Å²) in [6.07, 6.45) is -4.64. The van der Waals surface area contributed by atoms with Gasteiger partial charge in [0.15, 0.2) is 17.3 Å². The summed E-state index contributed by atoms with van der Waals surface area (Å²) in [6, 6.07) is 1.77. The zero-order valence-corrected chi connectivity index (χ0v) is 8.50. The highest BCUT2D eigenvalue weighted by Gasteiger charge is 2.37. The van der Waals surface area contributed by atoms with E-state index in [1.54, 1.807) is 0 Å². The van der Waals surface area contributed by atoms with E-state index >= 15 is 0 Å². The molecule has 0 amide bonds. The highest BCUT2D eigenvalue weighted by atomic mass is 19.4. The van der Waals surface area contributed by atoms with E-state index in [1.165, 1.54) is 0 Å².